The van der Waals surface area contributed by atoms with Gasteiger partial charge in [0.1, 0.15) is 0 Å². The molecule has 30 heavy (non-hydrogen) atoms. The van der Waals surface area contributed by atoms with Crippen molar-refractivity contribution in [3.8, 4) is 0 Å². The molecule has 0 bridgehead atoms. The van der Waals surface area contributed by atoms with Crippen LogP contribution in [0.25, 0.3) is 0 Å². The Bertz CT molecular complexity index is 489. The number of aliphatic carboxylic acids is 1. The standard InChI is InChI=1S/C26H48O4/c1-5-9-11-16-22(14-7-3)19-26(18-13-12-17-23(26)24(27)28)25(29)30-20-21(8-4)15-10-6-2/h21-23H,5-20H2,1-4H3,(H,27,28). The molecule has 1 fully saturated rings. The third kappa shape index (κ3) is 8.23. The van der Waals surface area contributed by atoms with Gasteiger partial charge in [-0.05, 0) is 37.5 Å². The molecule has 0 heterocycles. The summed E-state index contributed by atoms with van der Waals surface area (Å²) in [6.07, 6.45) is 14.9. The second kappa shape index (κ2) is 14.9. The van der Waals surface area contributed by atoms with Gasteiger partial charge in [-0.3, -0.25) is 9.59 Å². The molecule has 4 unspecified atom stereocenters. The number of carboxylic acids is 1. The van der Waals surface area contributed by atoms with E-state index in [1.54, 1.807) is 0 Å². The van der Waals surface area contributed by atoms with Gasteiger partial charge in [0.2, 0.25) is 0 Å². The predicted molar refractivity (Wildman–Crippen MR) is 123 cm³/mol. The minimum absolute atomic E-state index is 0.221. The quantitative estimate of drug-likeness (QED) is 0.207. The number of unbranched alkanes of at least 4 members (excludes halogenated alkanes) is 3. The summed E-state index contributed by atoms with van der Waals surface area (Å²) in [6.45, 7) is 9.16. The summed E-state index contributed by atoms with van der Waals surface area (Å²) in [5, 5.41) is 10.0. The van der Waals surface area contributed by atoms with E-state index < -0.39 is 17.3 Å². The van der Waals surface area contributed by atoms with Crippen LogP contribution in [0, 0.1) is 23.2 Å². The van der Waals surface area contributed by atoms with Crippen molar-refractivity contribution in [2.75, 3.05) is 6.61 Å². The van der Waals surface area contributed by atoms with Gasteiger partial charge < -0.3 is 9.84 Å². The molecule has 1 aliphatic rings. The Morgan fingerprint density at radius 3 is 2.23 bits per heavy atom. The number of hydrogen-bond donors (Lipinski definition) is 1. The predicted octanol–water partition coefficient (Wildman–Crippen LogP) is 7.39. The molecule has 0 saturated heterocycles. The molecule has 1 aliphatic carbocycles. The third-order valence-corrected chi connectivity index (χ3v) is 7.30. The van der Waals surface area contributed by atoms with Crippen molar-refractivity contribution in [3.63, 3.8) is 0 Å². The molecule has 4 atom stereocenters. The van der Waals surface area contributed by atoms with Crippen LogP contribution in [0.4, 0.5) is 0 Å². The first-order valence-corrected chi connectivity index (χ1v) is 12.8. The number of carbonyl (C=O) groups is 2. The van der Waals surface area contributed by atoms with Crippen molar-refractivity contribution in [1.29, 1.82) is 0 Å². The molecule has 176 valence electrons. The molecule has 0 aromatic rings. The maximum absolute atomic E-state index is 13.5. The summed E-state index contributed by atoms with van der Waals surface area (Å²) in [5.74, 6) is -0.834. The molecule has 0 spiro atoms. The molecule has 0 amide bonds. The lowest BCUT2D eigenvalue weighted by Gasteiger charge is -2.42. The molecule has 0 aliphatic heterocycles. The first-order chi connectivity index (χ1) is 14.4. The number of carbonyl (C=O) groups excluding carboxylic acids is 1. The topological polar surface area (TPSA) is 63.6 Å². The van der Waals surface area contributed by atoms with Crippen LogP contribution in [0.2, 0.25) is 0 Å². The molecule has 4 nitrogen and oxygen atoms in total. The van der Waals surface area contributed by atoms with Crippen molar-refractivity contribution in [2.24, 2.45) is 23.2 Å². The summed E-state index contributed by atoms with van der Waals surface area (Å²) in [7, 11) is 0. The Kier molecular flexibility index (Phi) is 13.4. The van der Waals surface area contributed by atoms with Gasteiger partial charge >= 0.3 is 11.9 Å². The zero-order valence-corrected chi connectivity index (χ0v) is 20.2. The fraction of sp³-hybridized carbons (Fsp3) is 0.923. The van der Waals surface area contributed by atoms with Gasteiger partial charge in [-0.25, -0.2) is 0 Å². The fourth-order valence-electron chi connectivity index (χ4n) is 5.36. The van der Waals surface area contributed by atoms with Gasteiger partial charge in [0.15, 0.2) is 0 Å². The lowest BCUT2D eigenvalue weighted by Crippen LogP contribution is -2.47. The van der Waals surface area contributed by atoms with Crippen LogP contribution in [0.15, 0.2) is 0 Å². The van der Waals surface area contributed by atoms with Crippen LogP contribution < -0.4 is 0 Å². The summed E-state index contributed by atoms with van der Waals surface area (Å²) < 4.78 is 5.92. The zero-order valence-electron chi connectivity index (χ0n) is 20.2. The number of esters is 1. The molecule has 0 aromatic carbocycles. The van der Waals surface area contributed by atoms with Gasteiger partial charge in [0.05, 0.1) is 17.9 Å². The van der Waals surface area contributed by atoms with Crippen LogP contribution in [0.5, 0.6) is 0 Å². The zero-order chi connectivity index (χ0) is 22.4. The fourth-order valence-corrected chi connectivity index (χ4v) is 5.36. The highest BCUT2D eigenvalue weighted by molar-refractivity contribution is 5.85. The van der Waals surface area contributed by atoms with Crippen molar-refractivity contribution in [2.45, 2.75) is 124 Å². The second-order valence-electron chi connectivity index (χ2n) is 9.66. The molecule has 0 aromatic heterocycles. The lowest BCUT2D eigenvalue weighted by atomic mass is 9.61. The Balaban J connectivity index is 3.01. The minimum Gasteiger partial charge on any atom is -0.481 e. The highest BCUT2D eigenvalue weighted by Crippen LogP contribution is 2.48. The van der Waals surface area contributed by atoms with Crippen LogP contribution in [-0.2, 0) is 14.3 Å². The Morgan fingerprint density at radius 2 is 1.63 bits per heavy atom. The highest BCUT2D eigenvalue weighted by Gasteiger charge is 2.52. The monoisotopic (exact) mass is 424 g/mol. The average molecular weight is 425 g/mol. The molecule has 1 rings (SSSR count). The molecule has 4 heteroatoms. The molecule has 1 saturated carbocycles. The third-order valence-electron chi connectivity index (χ3n) is 7.30. The van der Waals surface area contributed by atoms with Crippen molar-refractivity contribution >= 4 is 11.9 Å². The summed E-state index contributed by atoms with van der Waals surface area (Å²) in [5.41, 5.74) is -0.834. The molecular formula is C26H48O4. The van der Waals surface area contributed by atoms with Crippen molar-refractivity contribution < 1.29 is 19.4 Å². The molecular weight excluding hydrogens is 376 g/mol. The maximum Gasteiger partial charge on any atom is 0.312 e. The minimum atomic E-state index is -0.834. The van der Waals surface area contributed by atoms with Gasteiger partial charge in [-0.15, -0.1) is 0 Å². The van der Waals surface area contributed by atoms with E-state index in [2.05, 4.69) is 27.7 Å². The summed E-state index contributed by atoms with van der Waals surface area (Å²) in [6, 6.07) is 0. The van der Waals surface area contributed by atoms with E-state index >= 15 is 0 Å². The molecule has 0 radical (unpaired) electrons. The van der Waals surface area contributed by atoms with Crippen LogP contribution in [-0.4, -0.2) is 23.7 Å². The van der Waals surface area contributed by atoms with E-state index in [9.17, 15) is 14.7 Å². The van der Waals surface area contributed by atoms with Crippen LogP contribution in [0.1, 0.15) is 124 Å². The summed E-state index contributed by atoms with van der Waals surface area (Å²) >= 11 is 0. The average Bonchev–Trinajstić information content (AvgIpc) is 2.74. The van der Waals surface area contributed by atoms with Crippen molar-refractivity contribution in [3.05, 3.63) is 0 Å². The van der Waals surface area contributed by atoms with Gasteiger partial charge in [0.25, 0.3) is 0 Å². The SMILES string of the molecule is CCCCCC(CCC)CC1(C(=O)OCC(CC)CCCC)CCCCC1C(=O)O. The Hall–Kier alpha value is -1.06. The maximum atomic E-state index is 13.5. The van der Waals surface area contributed by atoms with E-state index in [0.29, 0.717) is 37.7 Å². The number of hydrogen-bond acceptors (Lipinski definition) is 3. The normalized spacial score (nSPS) is 23.7. The van der Waals surface area contributed by atoms with Gasteiger partial charge in [-0.1, -0.05) is 98.3 Å². The number of ether oxygens (including phenoxy) is 1. The van der Waals surface area contributed by atoms with E-state index in [4.69, 9.17) is 4.74 Å². The van der Waals surface area contributed by atoms with E-state index in [-0.39, 0.29) is 5.97 Å². The lowest BCUT2D eigenvalue weighted by molar-refractivity contribution is -0.174. The number of rotatable bonds is 16. The molecule has 1 N–H and O–H groups in total. The van der Waals surface area contributed by atoms with Crippen LogP contribution in [0.3, 0.4) is 0 Å². The largest absolute Gasteiger partial charge is 0.481 e. The second-order valence-corrected chi connectivity index (χ2v) is 9.66. The van der Waals surface area contributed by atoms with Gasteiger partial charge in [-0.2, -0.15) is 0 Å². The smallest absolute Gasteiger partial charge is 0.312 e. The van der Waals surface area contributed by atoms with Crippen LogP contribution >= 0.6 is 0 Å². The van der Waals surface area contributed by atoms with Gasteiger partial charge in [0, 0.05) is 0 Å². The Morgan fingerprint density at radius 1 is 0.933 bits per heavy atom. The van der Waals surface area contributed by atoms with E-state index in [1.165, 1.54) is 19.3 Å². The Labute approximate surface area is 185 Å². The van der Waals surface area contributed by atoms with Crippen molar-refractivity contribution in [1.82, 2.24) is 0 Å². The highest BCUT2D eigenvalue weighted by atomic mass is 16.5. The van der Waals surface area contributed by atoms with E-state index in [0.717, 1.165) is 57.8 Å². The summed E-state index contributed by atoms with van der Waals surface area (Å²) in [4.78, 5) is 25.7. The first kappa shape index (κ1) is 27.0. The number of carboxylic acid groups (broad SMARTS) is 1. The first-order valence-electron chi connectivity index (χ1n) is 12.8. The van der Waals surface area contributed by atoms with E-state index in [1.807, 2.05) is 0 Å².